The van der Waals surface area contributed by atoms with Crippen LogP contribution in [0.1, 0.15) is 245 Å². The zero-order chi connectivity index (χ0) is 49.2. The van der Waals surface area contributed by atoms with Crippen LogP contribution < -0.4 is 5.11 Å². The molecule has 0 radical (unpaired) electrons. The van der Waals surface area contributed by atoms with E-state index in [-0.39, 0.29) is 42.7 Å². The van der Waals surface area contributed by atoms with Crippen LogP contribution in [0.15, 0.2) is 60.8 Å². The average molecular weight is 940 g/mol. The van der Waals surface area contributed by atoms with Crippen LogP contribution in [0, 0.1) is 0 Å². The number of unbranched alkanes of at least 4 members (excludes halogenated alkanes) is 26. The Labute approximate surface area is 413 Å². The summed E-state index contributed by atoms with van der Waals surface area (Å²) in [5.74, 6) is -1.74. The number of allylic oxidation sites excluding steroid dienone is 10. The van der Waals surface area contributed by atoms with Gasteiger partial charge in [0.25, 0.3) is 0 Å². The minimum atomic E-state index is -1.13. The fraction of sp³-hybridized carbons (Fsp3) is 0.780. The van der Waals surface area contributed by atoms with Gasteiger partial charge in [-0.15, -0.1) is 0 Å². The summed E-state index contributed by atoms with van der Waals surface area (Å²) in [4.78, 5) is 37.1. The van der Waals surface area contributed by atoms with Crippen LogP contribution in [0.5, 0.6) is 0 Å². The Balaban J connectivity index is 4.21. The summed E-state index contributed by atoms with van der Waals surface area (Å²) in [6.45, 7) is 4.57. The molecular formula is C59H105NO7. The van der Waals surface area contributed by atoms with Gasteiger partial charge >= 0.3 is 11.9 Å². The molecule has 0 saturated heterocycles. The van der Waals surface area contributed by atoms with Crippen LogP contribution in [0.4, 0.5) is 0 Å². The zero-order valence-electron chi connectivity index (χ0n) is 44.3. The number of carbonyl (C=O) groups excluding carboxylic acids is 3. The molecular weight excluding hydrogens is 835 g/mol. The van der Waals surface area contributed by atoms with Crippen molar-refractivity contribution in [1.82, 2.24) is 0 Å². The van der Waals surface area contributed by atoms with Crippen molar-refractivity contribution >= 4 is 17.9 Å². The largest absolute Gasteiger partial charge is 0.544 e. The van der Waals surface area contributed by atoms with Crippen molar-refractivity contribution in [3.05, 3.63) is 60.8 Å². The molecule has 0 bridgehead atoms. The monoisotopic (exact) mass is 940 g/mol. The second-order valence-electron chi connectivity index (χ2n) is 19.8. The average Bonchev–Trinajstić information content (AvgIpc) is 3.29. The van der Waals surface area contributed by atoms with Gasteiger partial charge in [-0.05, 0) is 77.0 Å². The normalized spacial score (nSPS) is 13.3. The van der Waals surface area contributed by atoms with Crippen LogP contribution in [0.25, 0.3) is 0 Å². The third kappa shape index (κ3) is 47.9. The van der Waals surface area contributed by atoms with Crippen molar-refractivity contribution in [3.8, 4) is 0 Å². The highest BCUT2D eigenvalue weighted by Crippen LogP contribution is 2.16. The molecule has 0 amide bonds. The van der Waals surface area contributed by atoms with Crippen molar-refractivity contribution in [2.75, 3.05) is 41.0 Å². The number of rotatable bonds is 50. The van der Waals surface area contributed by atoms with Crippen molar-refractivity contribution in [2.24, 2.45) is 0 Å². The van der Waals surface area contributed by atoms with Gasteiger partial charge in [-0.3, -0.25) is 9.59 Å². The van der Waals surface area contributed by atoms with Crippen molar-refractivity contribution in [3.63, 3.8) is 0 Å². The molecule has 0 N–H and O–H groups in total. The Hall–Kier alpha value is -2.97. The lowest BCUT2D eigenvalue weighted by Crippen LogP contribution is -2.55. The Morgan fingerprint density at radius 3 is 1.25 bits per heavy atom. The third-order valence-corrected chi connectivity index (χ3v) is 12.4. The summed E-state index contributed by atoms with van der Waals surface area (Å²) in [5.41, 5.74) is 0. The molecule has 67 heavy (non-hydrogen) atoms. The number of likely N-dealkylation sites (N-methyl/N-ethyl adjacent to an activating group) is 1. The molecule has 0 rings (SSSR count). The van der Waals surface area contributed by atoms with Crippen LogP contribution in [-0.2, 0) is 28.6 Å². The maximum absolute atomic E-state index is 12.8. The first-order valence-electron chi connectivity index (χ1n) is 27.8. The van der Waals surface area contributed by atoms with Gasteiger partial charge in [0.15, 0.2) is 6.10 Å². The fourth-order valence-corrected chi connectivity index (χ4v) is 8.12. The summed E-state index contributed by atoms with van der Waals surface area (Å²) in [6, 6.07) is -0.730. The molecule has 2 atom stereocenters. The first kappa shape index (κ1) is 64.0. The number of hydrogen-bond acceptors (Lipinski definition) is 7. The lowest BCUT2D eigenvalue weighted by atomic mass is 10.1. The molecule has 0 aliphatic carbocycles. The standard InChI is InChI=1S/C59H105NO7/c1-6-8-10-12-14-16-18-20-22-24-26-28-30-32-34-36-38-40-42-44-46-48-50-58(62)67-55(53-65-52-51-56(59(63)64)60(3,4)5)54-66-57(61)49-47-45-43-41-39-37-35-33-31-29-27-25-23-21-19-17-15-13-11-9-7-2/h8,10,14,16,20,22,26,28-29,31,55-56H,6-7,9,11-13,15,17-19,21,23-25,27,30,32-54H2,1-5H3/b10-8+,16-14+,22-20+,28-26+,31-29+. The van der Waals surface area contributed by atoms with Gasteiger partial charge in [0.05, 0.1) is 40.3 Å². The van der Waals surface area contributed by atoms with Crippen LogP contribution in [-0.4, -0.2) is 75.5 Å². The van der Waals surface area contributed by atoms with Gasteiger partial charge in [0.2, 0.25) is 0 Å². The number of carboxylic acid groups (broad SMARTS) is 1. The first-order chi connectivity index (χ1) is 32.6. The number of hydrogen-bond donors (Lipinski definition) is 0. The van der Waals surface area contributed by atoms with Gasteiger partial charge in [-0.25, -0.2) is 0 Å². The number of esters is 2. The molecule has 388 valence electrons. The quantitative estimate of drug-likeness (QED) is 0.0259. The molecule has 0 aliphatic rings. The Bertz CT molecular complexity index is 1280. The second-order valence-corrected chi connectivity index (χ2v) is 19.8. The van der Waals surface area contributed by atoms with Crippen molar-refractivity contribution < 1.29 is 38.2 Å². The van der Waals surface area contributed by atoms with E-state index in [9.17, 15) is 19.5 Å². The summed E-state index contributed by atoms with van der Waals surface area (Å²) in [6.07, 6.45) is 62.6. The minimum Gasteiger partial charge on any atom is -0.544 e. The van der Waals surface area contributed by atoms with Gasteiger partial charge in [0, 0.05) is 19.3 Å². The summed E-state index contributed by atoms with van der Waals surface area (Å²) in [7, 11) is 5.42. The van der Waals surface area contributed by atoms with Crippen molar-refractivity contribution in [1.29, 1.82) is 0 Å². The van der Waals surface area contributed by atoms with E-state index in [0.29, 0.717) is 12.8 Å². The lowest BCUT2D eigenvalue weighted by Gasteiger charge is -2.34. The van der Waals surface area contributed by atoms with E-state index in [1.54, 1.807) is 21.1 Å². The smallest absolute Gasteiger partial charge is 0.306 e. The molecule has 0 spiro atoms. The highest BCUT2D eigenvalue weighted by molar-refractivity contribution is 5.70. The molecule has 8 heteroatoms. The molecule has 2 unspecified atom stereocenters. The summed E-state index contributed by atoms with van der Waals surface area (Å²) < 4.78 is 17.3. The number of quaternary nitrogens is 1. The van der Waals surface area contributed by atoms with Gasteiger partial charge in [-0.2, -0.15) is 0 Å². The molecule has 0 aromatic heterocycles. The van der Waals surface area contributed by atoms with Gasteiger partial charge < -0.3 is 28.6 Å². The molecule has 0 saturated carbocycles. The Morgan fingerprint density at radius 2 is 0.836 bits per heavy atom. The number of aliphatic carboxylic acids is 1. The Morgan fingerprint density at radius 1 is 0.463 bits per heavy atom. The van der Waals surface area contributed by atoms with E-state index < -0.39 is 18.1 Å². The van der Waals surface area contributed by atoms with E-state index in [1.807, 2.05) is 0 Å². The topological polar surface area (TPSA) is 102 Å². The van der Waals surface area contributed by atoms with E-state index in [1.165, 1.54) is 141 Å². The lowest BCUT2D eigenvalue weighted by molar-refractivity contribution is -0.889. The van der Waals surface area contributed by atoms with Crippen LogP contribution in [0.2, 0.25) is 0 Å². The third-order valence-electron chi connectivity index (χ3n) is 12.4. The van der Waals surface area contributed by atoms with E-state index in [2.05, 4.69) is 74.6 Å². The highest BCUT2D eigenvalue weighted by Gasteiger charge is 2.25. The van der Waals surface area contributed by atoms with Gasteiger partial charge in [-0.1, -0.05) is 209 Å². The van der Waals surface area contributed by atoms with Gasteiger partial charge in [0.1, 0.15) is 12.6 Å². The maximum atomic E-state index is 12.8. The number of carbonyl (C=O) groups is 3. The molecule has 0 aromatic rings. The predicted molar refractivity (Wildman–Crippen MR) is 282 cm³/mol. The first-order valence-corrected chi connectivity index (χ1v) is 27.8. The maximum Gasteiger partial charge on any atom is 0.306 e. The predicted octanol–water partition coefficient (Wildman–Crippen LogP) is 15.1. The minimum absolute atomic E-state index is 0.0362. The molecule has 0 heterocycles. The number of ether oxygens (including phenoxy) is 3. The Kier molecular flexibility index (Phi) is 47.3. The second kappa shape index (κ2) is 49.5. The SMILES string of the molecule is CC/C=C/C/C=C/C/C=C/C/C=C/CCCCCCCCCCCC(=O)OC(COCCC(C(=O)[O-])[N+](C)(C)C)COC(=O)CCCCCCCCC/C=C/CCCCCCCCCCCC. The van der Waals surface area contributed by atoms with E-state index in [4.69, 9.17) is 14.2 Å². The number of carboxylic acids is 1. The van der Waals surface area contributed by atoms with Crippen LogP contribution >= 0.6 is 0 Å². The van der Waals surface area contributed by atoms with E-state index >= 15 is 0 Å². The number of nitrogens with zero attached hydrogens (tertiary/aromatic N) is 1. The fourth-order valence-electron chi connectivity index (χ4n) is 8.12. The van der Waals surface area contributed by atoms with Crippen LogP contribution in [0.3, 0.4) is 0 Å². The summed E-state index contributed by atoms with van der Waals surface area (Å²) >= 11 is 0. The molecule has 8 nitrogen and oxygen atoms in total. The zero-order valence-corrected chi connectivity index (χ0v) is 44.3. The highest BCUT2D eigenvalue weighted by atomic mass is 16.6. The summed E-state index contributed by atoms with van der Waals surface area (Å²) in [5, 5.41) is 11.7. The molecule has 0 fully saturated rings. The molecule has 0 aromatic carbocycles. The van der Waals surface area contributed by atoms with E-state index in [0.717, 1.165) is 70.6 Å². The van der Waals surface area contributed by atoms with Crippen molar-refractivity contribution in [2.45, 2.75) is 257 Å². The molecule has 0 aliphatic heterocycles.